The Kier molecular flexibility index (Phi) is 7.17. The first-order valence-electron chi connectivity index (χ1n) is 7.59. The van der Waals surface area contributed by atoms with Gasteiger partial charge in [-0.15, -0.1) is 11.8 Å². The number of allylic oxidation sites excluding steroid dienone is 2. The zero-order chi connectivity index (χ0) is 17.7. The minimum absolute atomic E-state index is 0.0560. The molecule has 24 heavy (non-hydrogen) atoms. The second-order valence-electron chi connectivity index (χ2n) is 5.26. The van der Waals surface area contributed by atoms with Gasteiger partial charge in [0, 0.05) is 31.1 Å². The van der Waals surface area contributed by atoms with Gasteiger partial charge in [0.15, 0.2) is 0 Å². The third-order valence-electron chi connectivity index (χ3n) is 3.56. The van der Waals surface area contributed by atoms with Crippen LogP contribution in [0.1, 0.15) is 19.8 Å². The summed E-state index contributed by atoms with van der Waals surface area (Å²) in [5, 5.41) is 1.06. The summed E-state index contributed by atoms with van der Waals surface area (Å²) in [5.74, 6) is 0.585. The van der Waals surface area contributed by atoms with Gasteiger partial charge in [0.05, 0.1) is 20.1 Å². The molecule has 0 N–H and O–H groups in total. The number of thioether (sulfide) groups is 2. The van der Waals surface area contributed by atoms with Gasteiger partial charge in [0.1, 0.15) is 4.32 Å². The lowest BCUT2D eigenvalue weighted by molar-refractivity contribution is -0.122. The van der Waals surface area contributed by atoms with Crippen molar-refractivity contribution < 1.29 is 17.8 Å². The maximum Gasteiger partial charge on any atom is 0.266 e. The Labute approximate surface area is 156 Å². The predicted molar refractivity (Wildman–Crippen MR) is 102 cm³/mol. The summed E-state index contributed by atoms with van der Waals surface area (Å²) >= 11 is 8.19. The molecule has 0 saturated carbocycles. The molecule has 0 aliphatic carbocycles. The van der Waals surface area contributed by atoms with Crippen molar-refractivity contribution in [1.82, 2.24) is 9.80 Å². The van der Waals surface area contributed by atoms with Gasteiger partial charge in [-0.05, 0) is 31.9 Å². The van der Waals surface area contributed by atoms with E-state index in [0.717, 1.165) is 17.3 Å². The molecule has 10 heteroatoms. The van der Waals surface area contributed by atoms with E-state index in [1.165, 1.54) is 11.8 Å². The highest BCUT2D eigenvalue weighted by Gasteiger charge is 2.30. The van der Waals surface area contributed by atoms with Gasteiger partial charge in [-0.2, -0.15) is 0 Å². The van der Waals surface area contributed by atoms with Gasteiger partial charge >= 0.3 is 0 Å². The minimum Gasteiger partial charge on any atom is -0.748 e. The molecule has 2 aliphatic rings. The van der Waals surface area contributed by atoms with Gasteiger partial charge in [-0.1, -0.05) is 24.0 Å². The number of nitrogens with zero attached hydrogens (tertiary/aromatic N) is 2. The van der Waals surface area contributed by atoms with Crippen LogP contribution in [0.5, 0.6) is 0 Å². The van der Waals surface area contributed by atoms with E-state index in [9.17, 15) is 17.8 Å². The molecule has 2 rings (SSSR count). The molecule has 0 aromatic carbocycles. The SMILES string of the molecule is CCN1C(=O)/C(=C/C=C2/SCCN2CCCCS(=O)(=O)[O-])SC1=S. The Hall–Kier alpha value is -0.550. The van der Waals surface area contributed by atoms with Crippen LogP contribution in [0.2, 0.25) is 0 Å². The zero-order valence-electron chi connectivity index (χ0n) is 13.3. The first-order valence-corrected chi connectivity index (χ1v) is 11.4. The van der Waals surface area contributed by atoms with Crippen LogP contribution in [0.15, 0.2) is 22.1 Å². The van der Waals surface area contributed by atoms with Gasteiger partial charge in [-0.3, -0.25) is 9.69 Å². The second kappa shape index (κ2) is 8.70. The van der Waals surface area contributed by atoms with E-state index in [2.05, 4.69) is 4.90 Å². The first-order chi connectivity index (χ1) is 11.3. The van der Waals surface area contributed by atoms with Crippen LogP contribution in [0, 0.1) is 0 Å². The normalized spacial score (nSPS) is 22.4. The Balaban J connectivity index is 1.93. The first kappa shape index (κ1) is 19.8. The van der Waals surface area contributed by atoms with Crippen LogP contribution < -0.4 is 0 Å². The largest absolute Gasteiger partial charge is 0.748 e. The Morgan fingerprint density at radius 2 is 2.08 bits per heavy atom. The average molecular weight is 408 g/mol. The lowest BCUT2D eigenvalue weighted by Crippen LogP contribution is -2.27. The molecule has 2 fully saturated rings. The molecule has 2 aliphatic heterocycles. The van der Waals surface area contributed by atoms with Gasteiger partial charge in [0.25, 0.3) is 5.91 Å². The molecular formula is C14H19N2O4S4-. The van der Waals surface area contributed by atoms with Crippen molar-refractivity contribution >= 4 is 56.1 Å². The van der Waals surface area contributed by atoms with E-state index in [1.54, 1.807) is 22.7 Å². The van der Waals surface area contributed by atoms with Gasteiger partial charge < -0.3 is 9.45 Å². The Morgan fingerprint density at radius 3 is 2.71 bits per heavy atom. The number of carbonyl (C=O) groups excluding carboxylic acids is 1. The van der Waals surface area contributed by atoms with E-state index in [0.29, 0.717) is 35.2 Å². The molecule has 0 aromatic heterocycles. The summed E-state index contributed by atoms with van der Waals surface area (Å²) in [6, 6.07) is 0. The number of unbranched alkanes of at least 4 members (excludes halogenated alkanes) is 1. The lowest BCUT2D eigenvalue weighted by atomic mass is 10.3. The fourth-order valence-corrected chi connectivity index (χ4v) is 5.29. The molecule has 0 bridgehead atoms. The minimum atomic E-state index is -4.13. The summed E-state index contributed by atoms with van der Waals surface area (Å²) in [7, 11) is -4.13. The number of hydrogen-bond acceptors (Lipinski definition) is 8. The Morgan fingerprint density at radius 1 is 1.33 bits per heavy atom. The molecule has 2 saturated heterocycles. The smallest absolute Gasteiger partial charge is 0.266 e. The van der Waals surface area contributed by atoms with Crippen LogP contribution in [0.25, 0.3) is 0 Å². The third-order valence-corrected chi connectivity index (χ3v) is 6.82. The number of thiocarbonyl (C=S) groups is 1. The highest BCUT2D eigenvalue weighted by atomic mass is 32.2. The molecule has 0 unspecified atom stereocenters. The van der Waals surface area contributed by atoms with E-state index in [-0.39, 0.29) is 11.7 Å². The van der Waals surface area contributed by atoms with E-state index >= 15 is 0 Å². The summed E-state index contributed by atoms with van der Waals surface area (Å²) in [5.41, 5.74) is 0. The van der Waals surface area contributed by atoms with Gasteiger partial charge in [-0.25, -0.2) is 8.42 Å². The quantitative estimate of drug-likeness (QED) is 0.274. The van der Waals surface area contributed by atoms with E-state index < -0.39 is 10.1 Å². The maximum absolute atomic E-state index is 12.2. The van der Waals surface area contributed by atoms with Gasteiger partial charge in [0.2, 0.25) is 0 Å². The van der Waals surface area contributed by atoms with Crippen molar-refractivity contribution in [1.29, 1.82) is 0 Å². The number of amides is 1. The van der Waals surface area contributed by atoms with Crippen molar-refractivity contribution in [2.75, 3.05) is 31.1 Å². The van der Waals surface area contributed by atoms with E-state index in [1.807, 2.05) is 13.0 Å². The molecule has 134 valence electrons. The second-order valence-corrected chi connectivity index (χ2v) is 9.57. The fraction of sp³-hybridized carbons (Fsp3) is 0.571. The van der Waals surface area contributed by atoms with Crippen LogP contribution in [0.4, 0.5) is 0 Å². The van der Waals surface area contributed by atoms with Crippen LogP contribution in [0.3, 0.4) is 0 Å². The molecule has 0 radical (unpaired) electrons. The molecule has 1 amide bonds. The highest BCUT2D eigenvalue weighted by Crippen LogP contribution is 2.32. The molecule has 0 aromatic rings. The monoisotopic (exact) mass is 407 g/mol. The standard InChI is InChI=1S/C14H20N2O4S4/c1-2-16-13(17)11(23-14(16)21)5-6-12-15(8-9-22-12)7-3-4-10-24(18,19)20/h5-6H,2-4,7-10H2,1H3,(H,18,19,20)/p-1/b11-5-,12-6+. The van der Waals surface area contributed by atoms with Crippen molar-refractivity contribution in [3.8, 4) is 0 Å². The number of hydrogen-bond donors (Lipinski definition) is 0. The van der Waals surface area contributed by atoms with E-state index in [4.69, 9.17) is 12.2 Å². The highest BCUT2D eigenvalue weighted by molar-refractivity contribution is 8.26. The Bertz CT molecular complexity index is 672. The van der Waals surface area contributed by atoms with Crippen LogP contribution in [-0.2, 0) is 14.9 Å². The summed E-state index contributed by atoms with van der Waals surface area (Å²) in [6.45, 7) is 4.05. The zero-order valence-corrected chi connectivity index (χ0v) is 16.5. The fourth-order valence-electron chi connectivity index (χ4n) is 2.35. The third kappa shape index (κ3) is 5.48. The van der Waals surface area contributed by atoms with Crippen molar-refractivity contribution in [3.63, 3.8) is 0 Å². The predicted octanol–water partition coefficient (Wildman–Crippen LogP) is 1.97. The molecule has 2 heterocycles. The molecule has 0 spiro atoms. The number of likely N-dealkylation sites (N-methyl/N-ethyl adjacent to an activating group) is 1. The van der Waals surface area contributed by atoms with Crippen molar-refractivity contribution in [3.05, 3.63) is 22.1 Å². The summed E-state index contributed by atoms with van der Waals surface area (Å²) in [4.78, 5) is 16.5. The number of carbonyl (C=O) groups is 1. The lowest BCUT2D eigenvalue weighted by Gasteiger charge is -2.18. The molecule has 6 nitrogen and oxygen atoms in total. The number of rotatable bonds is 7. The van der Waals surface area contributed by atoms with Crippen LogP contribution >= 0.6 is 35.7 Å². The van der Waals surface area contributed by atoms with Crippen molar-refractivity contribution in [2.45, 2.75) is 19.8 Å². The molecular weight excluding hydrogens is 388 g/mol. The summed E-state index contributed by atoms with van der Waals surface area (Å²) < 4.78 is 32.4. The van der Waals surface area contributed by atoms with Crippen LogP contribution in [-0.4, -0.2) is 64.1 Å². The maximum atomic E-state index is 12.2. The average Bonchev–Trinajstić information content (AvgIpc) is 3.05. The topological polar surface area (TPSA) is 80.8 Å². The summed E-state index contributed by atoms with van der Waals surface area (Å²) in [6.07, 6.45) is 4.74. The molecule has 0 atom stereocenters. The van der Waals surface area contributed by atoms with Crippen molar-refractivity contribution in [2.24, 2.45) is 0 Å².